The van der Waals surface area contributed by atoms with Gasteiger partial charge in [0.1, 0.15) is 13.2 Å². The molecule has 0 saturated heterocycles. The van der Waals surface area contributed by atoms with Gasteiger partial charge in [-0.25, -0.2) is 0 Å². The first-order valence-electron chi connectivity index (χ1n) is 7.92. The van der Waals surface area contributed by atoms with Crippen LogP contribution in [0.2, 0.25) is 5.02 Å². The minimum atomic E-state index is -0.198. The standard InChI is InChI=1S/C19H17ClO4/c1-22-19(21)17-15(11-5-3-2-4-6-11)16(17)12-9-13(20)18-14(10-12)23-7-8-24-18/h2-6,9-10,15-17H,7-8H2,1H3/t15-,16-,17-/m1/s1. The number of fused-ring (bicyclic) bond motifs is 1. The molecule has 0 amide bonds. The Kier molecular flexibility index (Phi) is 3.85. The number of methoxy groups -OCH3 is 1. The van der Waals surface area contributed by atoms with Gasteiger partial charge < -0.3 is 14.2 Å². The van der Waals surface area contributed by atoms with Gasteiger partial charge in [0, 0.05) is 11.8 Å². The van der Waals surface area contributed by atoms with E-state index in [0.717, 1.165) is 11.1 Å². The molecule has 1 aliphatic carbocycles. The fourth-order valence-electron chi connectivity index (χ4n) is 3.57. The third-order valence-corrected chi connectivity index (χ3v) is 4.96. The summed E-state index contributed by atoms with van der Waals surface area (Å²) in [6.07, 6.45) is 0. The molecule has 2 aromatic carbocycles. The third-order valence-electron chi connectivity index (χ3n) is 4.68. The van der Waals surface area contributed by atoms with Crippen LogP contribution in [0.4, 0.5) is 0 Å². The van der Waals surface area contributed by atoms with Crippen molar-refractivity contribution in [2.45, 2.75) is 11.8 Å². The van der Waals surface area contributed by atoms with Crippen molar-refractivity contribution in [2.24, 2.45) is 5.92 Å². The average Bonchev–Trinajstić information content (AvgIpc) is 3.37. The fourth-order valence-corrected chi connectivity index (χ4v) is 3.84. The molecule has 4 rings (SSSR count). The molecule has 5 heteroatoms. The second-order valence-electron chi connectivity index (χ2n) is 6.04. The second-order valence-corrected chi connectivity index (χ2v) is 6.45. The van der Waals surface area contributed by atoms with Crippen molar-refractivity contribution in [3.05, 3.63) is 58.6 Å². The van der Waals surface area contributed by atoms with Gasteiger partial charge in [-0.3, -0.25) is 4.79 Å². The molecule has 0 unspecified atom stereocenters. The summed E-state index contributed by atoms with van der Waals surface area (Å²) in [5.74, 6) is 0.964. The molecule has 1 saturated carbocycles. The summed E-state index contributed by atoms with van der Waals surface area (Å²) in [6, 6.07) is 13.8. The van der Waals surface area contributed by atoms with Gasteiger partial charge >= 0.3 is 5.97 Å². The van der Waals surface area contributed by atoms with Gasteiger partial charge in [0.15, 0.2) is 11.5 Å². The van der Waals surface area contributed by atoms with Crippen LogP contribution in [0.25, 0.3) is 0 Å². The highest BCUT2D eigenvalue weighted by atomic mass is 35.5. The van der Waals surface area contributed by atoms with E-state index in [9.17, 15) is 4.79 Å². The lowest BCUT2D eigenvalue weighted by Crippen LogP contribution is -2.15. The number of halogens is 1. The van der Waals surface area contributed by atoms with E-state index < -0.39 is 0 Å². The number of ether oxygens (including phenoxy) is 3. The molecule has 4 nitrogen and oxygen atoms in total. The van der Waals surface area contributed by atoms with Crippen LogP contribution in [-0.2, 0) is 9.53 Å². The molecule has 0 spiro atoms. The summed E-state index contributed by atoms with van der Waals surface area (Å²) in [5, 5.41) is 0.518. The van der Waals surface area contributed by atoms with Crippen molar-refractivity contribution < 1.29 is 19.0 Å². The van der Waals surface area contributed by atoms with Crippen LogP contribution in [0.1, 0.15) is 23.0 Å². The Morgan fingerprint density at radius 1 is 1.08 bits per heavy atom. The first kappa shape index (κ1) is 15.3. The Morgan fingerprint density at radius 2 is 1.79 bits per heavy atom. The number of benzene rings is 2. The molecule has 124 valence electrons. The summed E-state index contributed by atoms with van der Waals surface area (Å²) >= 11 is 6.35. The second kappa shape index (κ2) is 6.02. The lowest BCUT2D eigenvalue weighted by atomic mass is 10.0. The molecule has 1 heterocycles. The van der Waals surface area contributed by atoms with E-state index in [1.165, 1.54) is 7.11 Å². The first-order chi connectivity index (χ1) is 11.7. The van der Waals surface area contributed by atoms with Crippen molar-refractivity contribution in [1.82, 2.24) is 0 Å². The minimum Gasteiger partial charge on any atom is -0.486 e. The van der Waals surface area contributed by atoms with E-state index >= 15 is 0 Å². The van der Waals surface area contributed by atoms with E-state index in [1.807, 2.05) is 42.5 Å². The van der Waals surface area contributed by atoms with Crippen LogP contribution in [0.3, 0.4) is 0 Å². The van der Waals surface area contributed by atoms with Gasteiger partial charge in [0.25, 0.3) is 0 Å². The molecular formula is C19H17ClO4. The van der Waals surface area contributed by atoms with Crippen molar-refractivity contribution >= 4 is 17.6 Å². The highest BCUT2D eigenvalue weighted by Crippen LogP contribution is 2.62. The molecule has 2 aromatic rings. The van der Waals surface area contributed by atoms with Gasteiger partial charge in [-0.05, 0) is 23.3 Å². The maximum absolute atomic E-state index is 12.2. The Labute approximate surface area is 145 Å². The van der Waals surface area contributed by atoms with E-state index in [0.29, 0.717) is 29.7 Å². The summed E-state index contributed by atoms with van der Waals surface area (Å²) in [4.78, 5) is 12.2. The summed E-state index contributed by atoms with van der Waals surface area (Å²) in [5.41, 5.74) is 2.11. The first-order valence-corrected chi connectivity index (χ1v) is 8.30. The molecule has 0 N–H and O–H groups in total. The fraction of sp³-hybridized carbons (Fsp3) is 0.316. The van der Waals surface area contributed by atoms with E-state index in [4.69, 9.17) is 25.8 Å². The minimum absolute atomic E-state index is 0.0353. The molecule has 2 aliphatic rings. The number of rotatable bonds is 3. The summed E-state index contributed by atoms with van der Waals surface area (Å²) < 4.78 is 16.2. The number of carbonyl (C=O) groups is 1. The molecule has 3 atom stereocenters. The number of carbonyl (C=O) groups excluding carboxylic acids is 1. The van der Waals surface area contributed by atoms with Gasteiger partial charge in [-0.1, -0.05) is 41.9 Å². The van der Waals surface area contributed by atoms with Gasteiger partial charge in [0.05, 0.1) is 18.1 Å². The lowest BCUT2D eigenvalue weighted by molar-refractivity contribution is -0.142. The topological polar surface area (TPSA) is 44.8 Å². The molecule has 0 aromatic heterocycles. The average molecular weight is 345 g/mol. The Hall–Kier alpha value is -2.20. The normalized spacial score (nSPS) is 24.3. The lowest BCUT2D eigenvalue weighted by Gasteiger charge is -2.20. The predicted octanol–water partition coefficient (Wildman–Crippen LogP) is 3.78. The molecular weight excluding hydrogens is 328 g/mol. The highest BCUT2D eigenvalue weighted by molar-refractivity contribution is 6.32. The van der Waals surface area contributed by atoms with Gasteiger partial charge in [-0.2, -0.15) is 0 Å². The molecule has 1 aliphatic heterocycles. The van der Waals surface area contributed by atoms with Gasteiger partial charge in [-0.15, -0.1) is 0 Å². The van der Waals surface area contributed by atoms with Crippen LogP contribution >= 0.6 is 11.6 Å². The van der Waals surface area contributed by atoms with Crippen LogP contribution in [-0.4, -0.2) is 26.3 Å². The third kappa shape index (κ3) is 2.51. The zero-order valence-electron chi connectivity index (χ0n) is 13.2. The largest absolute Gasteiger partial charge is 0.486 e. The molecule has 0 radical (unpaired) electrons. The van der Waals surface area contributed by atoms with Crippen LogP contribution in [0, 0.1) is 5.92 Å². The van der Waals surface area contributed by atoms with Crippen molar-refractivity contribution in [1.29, 1.82) is 0 Å². The van der Waals surface area contributed by atoms with Crippen LogP contribution in [0.15, 0.2) is 42.5 Å². The van der Waals surface area contributed by atoms with Crippen molar-refractivity contribution in [3.8, 4) is 11.5 Å². The zero-order valence-corrected chi connectivity index (χ0v) is 14.0. The highest BCUT2D eigenvalue weighted by Gasteiger charge is 2.57. The van der Waals surface area contributed by atoms with Crippen LogP contribution in [0.5, 0.6) is 11.5 Å². The van der Waals surface area contributed by atoms with E-state index in [1.54, 1.807) is 0 Å². The quantitative estimate of drug-likeness (QED) is 0.795. The molecule has 24 heavy (non-hydrogen) atoms. The number of hydrogen-bond donors (Lipinski definition) is 0. The van der Waals surface area contributed by atoms with E-state index in [-0.39, 0.29) is 23.7 Å². The zero-order chi connectivity index (χ0) is 16.7. The Morgan fingerprint density at radius 3 is 2.54 bits per heavy atom. The van der Waals surface area contributed by atoms with E-state index in [2.05, 4.69) is 0 Å². The summed E-state index contributed by atoms with van der Waals surface area (Å²) in [7, 11) is 1.43. The molecule has 0 bridgehead atoms. The van der Waals surface area contributed by atoms with Crippen LogP contribution < -0.4 is 9.47 Å². The monoisotopic (exact) mass is 344 g/mol. The Balaban J connectivity index is 1.72. The van der Waals surface area contributed by atoms with Crippen molar-refractivity contribution in [3.63, 3.8) is 0 Å². The smallest absolute Gasteiger partial charge is 0.309 e. The summed E-state index contributed by atoms with van der Waals surface area (Å²) in [6.45, 7) is 0.993. The SMILES string of the molecule is COC(=O)[C@@H]1[C@H](c2ccccc2)[C@H]1c1cc(Cl)c2c(c1)OCCO2. The maximum Gasteiger partial charge on any atom is 0.309 e. The number of esters is 1. The number of hydrogen-bond acceptors (Lipinski definition) is 4. The predicted molar refractivity (Wildman–Crippen MR) is 89.9 cm³/mol. The van der Waals surface area contributed by atoms with Crippen molar-refractivity contribution in [2.75, 3.05) is 20.3 Å². The molecule has 1 fully saturated rings. The Bertz CT molecular complexity index is 774. The maximum atomic E-state index is 12.2. The van der Waals surface area contributed by atoms with Gasteiger partial charge in [0.2, 0.25) is 0 Å².